The number of ether oxygens (including phenoxy) is 1. The van der Waals surface area contributed by atoms with Crippen LogP contribution in [0.4, 0.5) is 0 Å². The number of fused-ring (bicyclic) bond motifs is 1. The molecule has 2 aliphatic rings. The van der Waals surface area contributed by atoms with Crippen LogP contribution in [0.15, 0.2) is 0 Å². The molecule has 1 aliphatic heterocycles. The second-order valence-corrected chi connectivity index (χ2v) is 6.07. The second-order valence-electron chi connectivity index (χ2n) is 6.07. The molecule has 4 atom stereocenters. The topological polar surface area (TPSA) is 38.5 Å². The SMILES string of the molecule is CCCC(C)C(CN)N1CCOC2CCCCC21. The van der Waals surface area contributed by atoms with Crippen LogP contribution < -0.4 is 5.73 Å². The predicted molar refractivity (Wildman–Crippen MR) is 75.6 cm³/mol. The van der Waals surface area contributed by atoms with Gasteiger partial charge in [-0.1, -0.05) is 33.1 Å². The van der Waals surface area contributed by atoms with Crippen molar-refractivity contribution in [3.8, 4) is 0 Å². The van der Waals surface area contributed by atoms with Crippen LogP contribution in [-0.4, -0.2) is 42.8 Å². The maximum atomic E-state index is 6.07. The van der Waals surface area contributed by atoms with Gasteiger partial charge in [-0.05, 0) is 25.2 Å². The first-order chi connectivity index (χ1) is 8.77. The summed E-state index contributed by atoms with van der Waals surface area (Å²) >= 11 is 0. The van der Waals surface area contributed by atoms with E-state index < -0.39 is 0 Å². The highest BCUT2D eigenvalue weighted by Crippen LogP contribution is 2.31. The smallest absolute Gasteiger partial charge is 0.0731 e. The first-order valence-corrected chi connectivity index (χ1v) is 7.85. The number of morpholine rings is 1. The van der Waals surface area contributed by atoms with Gasteiger partial charge in [-0.15, -0.1) is 0 Å². The molecule has 2 fully saturated rings. The van der Waals surface area contributed by atoms with Crippen molar-refractivity contribution in [2.75, 3.05) is 19.7 Å². The lowest BCUT2D eigenvalue weighted by Crippen LogP contribution is -2.59. The predicted octanol–water partition coefficient (Wildman–Crippen LogP) is 2.39. The van der Waals surface area contributed by atoms with Crippen molar-refractivity contribution in [3.05, 3.63) is 0 Å². The zero-order chi connectivity index (χ0) is 13.0. The lowest BCUT2D eigenvalue weighted by molar-refractivity contribution is -0.108. The molecule has 0 aromatic rings. The van der Waals surface area contributed by atoms with Crippen LogP contribution in [-0.2, 0) is 4.74 Å². The Hall–Kier alpha value is -0.120. The number of nitrogens with two attached hydrogens (primary N) is 1. The van der Waals surface area contributed by atoms with Crippen LogP contribution in [0.5, 0.6) is 0 Å². The average Bonchev–Trinajstić information content (AvgIpc) is 2.40. The van der Waals surface area contributed by atoms with Crippen LogP contribution in [0.2, 0.25) is 0 Å². The van der Waals surface area contributed by atoms with Gasteiger partial charge in [0.15, 0.2) is 0 Å². The monoisotopic (exact) mass is 254 g/mol. The number of hydrogen-bond acceptors (Lipinski definition) is 3. The summed E-state index contributed by atoms with van der Waals surface area (Å²) in [5.74, 6) is 0.709. The maximum Gasteiger partial charge on any atom is 0.0731 e. The zero-order valence-electron chi connectivity index (χ0n) is 12.1. The van der Waals surface area contributed by atoms with Crippen LogP contribution in [0.25, 0.3) is 0 Å². The maximum absolute atomic E-state index is 6.07. The number of hydrogen-bond donors (Lipinski definition) is 1. The summed E-state index contributed by atoms with van der Waals surface area (Å²) in [5, 5.41) is 0. The van der Waals surface area contributed by atoms with E-state index in [9.17, 15) is 0 Å². The molecule has 1 aliphatic carbocycles. The summed E-state index contributed by atoms with van der Waals surface area (Å²) in [6.07, 6.45) is 8.29. The van der Waals surface area contributed by atoms with E-state index in [0.717, 1.165) is 19.7 Å². The van der Waals surface area contributed by atoms with Gasteiger partial charge in [-0.2, -0.15) is 0 Å². The molecule has 18 heavy (non-hydrogen) atoms. The molecule has 0 bridgehead atoms. The Morgan fingerprint density at radius 3 is 2.83 bits per heavy atom. The molecule has 0 amide bonds. The Morgan fingerprint density at radius 2 is 2.11 bits per heavy atom. The van der Waals surface area contributed by atoms with Gasteiger partial charge < -0.3 is 10.5 Å². The van der Waals surface area contributed by atoms with Crippen molar-refractivity contribution in [3.63, 3.8) is 0 Å². The van der Waals surface area contributed by atoms with Crippen LogP contribution in [0, 0.1) is 5.92 Å². The fourth-order valence-electron chi connectivity index (χ4n) is 3.88. The summed E-state index contributed by atoms with van der Waals surface area (Å²) in [6, 6.07) is 1.19. The summed E-state index contributed by atoms with van der Waals surface area (Å²) < 4.78 is 5.96. The van der Waals surface area contributed by atoms with Gasteiger partial charge in [0.1, 0.15) is 0 Å². The van der Waals surface area contributed by atoms with Crippen molar-refractivity contribution in [2.24, 2.45) is 11.7 Å². The summed E-state index contributed by atoms with van der Waals surface area (Å²) in [4.78, 5) is 2.69. The Morgan fingerprint density at radius 1 is 1.33 bits per heavy atom. The van der Waals surface area contributed by atoms with Crippen LogP contribution in [0.1, 0.15) is 52.4 Å². The molecular formula is C15H30N2O. The molecule has 1 saturated carbocycles. The lowest BCUT2D eigenvalue weighted by atomic mass is 9.86. The third-order valence-corrected chi connectivity index (χ3v) is 4.84. The molecule has 2 rings (SSSR count). The van der Waals surface area contributed by atoms with E-state index in [2.05, 4.69) is 18.7 Å². The first-order valence-electron chi connectivity index (χ1n) is 7.85. The summed E-state index contributed by atoms with van der Waals surface area (Å²) in [6.45, 7) is 7.42. The van der Waals surface area contributed by atoms with E-state index in [0.29, 0.717) is 24.1 Å². The molecule has 3 nitrogen and oxygen atoms in total. The van der Waals surface area contributed by atoms with Gasteiger partial charge in [-0.25, -0.2) is 0 Å². The summed E-state index contributed by atoms with van der Waals surface area (Å²) in [5.41, 5.74) is 6.07. The van der Waals surface area contributed by atoms with E-state index in [1.165, 1.54) is 38.5 Å². The van der Waals surface area contributed by atoms with Gasteiger partial charge in [0.25, 0.3) is 0 Å². The average molecular weight is 254 g/mol. The lowest BCUT2D eigenvalue weighted by Gasteiger charge is -2.48. The second kappa shape index (κ2) is 6.88. The van der Waals surface area contributed by atoms with E-state index in [4.69, 9.17) is 10.5 Å². The molecule has 0 aromatic heterocycles. The van der Waals surface area contributed by atoms with Gasteiger partial charge in [-0.3, -0.25) is 4.90 Å². The van der Waals surface area contributed by atoms with E-state index in [1.54, 1.807) is 0 Å². The number of nitrogens with zero attached hydrogens (tertiary/aromatic N) is 1. The molecule has 2 N–H and O–H groups in total. The zero-order valence-corrected chi connectivity index (χ0v) is 12.1. The van der Waals surface area contributed by atoms with E-state index in [1.807, 2.05) is 0 Å². The van der Waals surface area contributed by atoms with Gasteiger partial charge in [0.2, 0.25) is 0 Å². The molecule has 0 radical (unpaired) electrons. The van der Waals surface area contributed by atoms with Crippen molar-refractivity contribution in [2.45, 2.75) is 70.6 Å². The standard InChI is InChI=1S/C15H30N2O/c1-3-6-12(2)14(11-16)17-9-10-18-15-8-5-4-7-13(15)17/h12-15H,3-11,16H2,1-2H3. The van der Waals surface area contributed by atoms with E-state index >= 15 is 0 Å². The minimum atomic E-state index is 0.482. The van der Waals surface area contributed by atoms with Crippen molar-refractivity contribution in [1.29, 1.82) is 0 Å². The largest absolute Gasteiger partial charge is 0.375 e. The van der Waals surface area contributed by atoms with Crippen molar-refractivity contribution >= 4 is 0 Å². The van der Waals surface area contributed by atoms with Crippen LogP contribution >= 0.6 is 0 Å². The summed E-state index contributed by atoms with van der Waals surface area (Å²) in [7, 11) is 0. The van der Waals surface area contributed by atoms with E-state index in [-0.39, 0.29) is 0 Å². The molecular weight excluding hydrogens is 224 g/mol. The van der Waals surface area contributed by atoms with Crippen LogP contribution in [0.3, 0.4) is 0 Å². The Balaban J connectivity index is 2.03. The molecule has 0 aromatic carbocycles. The fourth-order valence-corrected chi connectivity index (χ4v) is 3.88. The highest BCUT2D eigenvalue weighted by Gasteiger charge is 2.38. The Kier molecular flexibility index (Phi) is 5.46. The van der Waals surface area contributed by atoms with Crippen molar-refractivity contribution in [1.82, 2.24) is 4.90 Å². The van der Waals surface area contributed by atoms with Crippen molar-refractivity contribution < 1.29 is 4.74 Å². The first kappa shape index (κ1) is 14.3. The Bertz CT molecular complexity index is 245. The highest BCUT2D eigenvalue weighted by molar-refractivity contribution is 4.92. The molecule has 1 heterocycles. The third kappa shape index (κ3) is 3.06. The minimum absolute atomic E-state index is 0.482. The fraction of sp³-hybridized carbons (Fsp3) is 1.00. The normalized spacial score (nSPS) is 32.8. The Labute approximate surface area is 112 Å². The minimum Gasteiger partial charge on any atom is -0.375 e. The quantitative estimate of drug-likeness (QED) is 0.819. The molecule has 0 spiro atoms. The van der Waals surface area contributed by atoms with Gasteiger partial charge >= 0.3 is 0 Å². The number of rotatable bonds is 5. The highest BCUT2D eigenvalue weighted by atomic mass is 16.5. The molecule has 1 saturated heterocycles. The molecule has 106 valence electrons. The van der Waals surface area contributed by atoms with Gasteiger partial charge in [0, 0.05) is 25.2 Å². The third-order valence-electron chi connectivity index (χ3n) is 4.84. The molecule has 4 unspecified atom stereocenters. The molecule has 3 heteroatoms. The van der Waals surface area contributed by atoms with Gasteiger partial charge in [0.05, 0.1) is 12.7 Å².